The van der Waals surface area contributed by atoms with Gasteiger partial charge in [0.25, 0.3) is 0 Å². The minimum absolute atomic E-state index is 0.205. The molecule has 0 amide bonds. The lowest BCUT2D eigenvalue weighted by atomic mass is 9.97. The van der Waals surface area contributed by atoms with Gasteiger partial charge in [0.2, 0.25) is 0 Å². The van der Waals surface area contributed by atoms with Gasteiger partial charge in [-0.15, -0.1) is 0 Å². The third-order valence-corrected chi connectivity index (χ3v) is 2.38. The normalized spacial score (nSPS) is 13.4. The molecule has 0 saturated heterocycles. The SMILES string of the molecule is CC(C)C(N)c1cc(F)ccc1Cl. The lowest BCUT2D eigenvalue weighted by Crippen LogP contribution is -2.17. The molecule has 0 heterocycles. The Morgan fingerprint density at radius 1 is 1.38 bits per heavy atom. The van der Waals surface area contributed by atoms with Crippen LogP contribution in [0.2, 0.25) is 5.02 Å². The van der Waals surface area contributed by atoms with E-state index in [1.54, 1.807) is 0 Å². The number of benzene rings is 1. The number of hydrogen-bond acceptors (Lipinski definition) is 1. The number of hydrogen-bond donors (Lipinski definition) is 1. The van der Waals surface area contributed by atoms with Crippen LogP contribution in [0.3, 0.4) is 0 Å². The van der Waals surface area contributed by atoms with Gasteiger partial charge in [0.1, 0.15) is 5.82 Å². The average Bonchev–Trinajstić information content (AvgIpc) is 2.08. The largest absolute Gasteiger partial charge is 0.324 e. The third-order valence-electron chi connectivity index (χ3n) is 2.04. The summed E-state index contributed by atoms with van der Waals surface area (Å²) in [6.45, 7) is 3.96. The van der Waals surface area contributed by atoms with Gasteiger partial charge in [-0.1, -0.05) is 25.4 Å². The van der Waals surface area contributed by atoms with Crippen molar-refractivity contribution in [3.8, 4) is 0 Å². The zero-order valence-electron chi connectivity index (χ0n) is 7.72. The van der Waals surface area contributed by atoms with Gasteiger partial charge in [-0.25, -0.2) is 4.39 Å². The Bertz CT molecular complexity index is 299. The Labute approximate surface area is 82.7 Å². The van der Waals surface area contributed by atoms with Gasteiger partial charge in [-0.05, 0) is 29.7 Å². The van der Waals surface area contributed by atoms with Gasteiger partial charge in [0.15, 0.2) is 0 Å². The minimum Gasteiger partial charge on any atom is -0.324 e. The zero-order chi connectivity index (χ0) is 10.0. The standard InChI is InChI=1S/C10H13ClFN/c1-6(2)10(13)8-5-7(12)3-4-9(8)11/h3-6,10H,13H2,1-2H3. The quantitative estimate of drug-likeness (QED) is 0.782. The van der Waals surface area contributed by atoms with Gasteiger partial charge in [0, 0.05) is 11.1 Å². The highest BCUT2D eigenvalue weighted by atomic mass is 35.5. The van der Waals surface area contributed by atoms with E-state index in [1.807, 2.05) is 13.8 Å². The minimum atomic E-state index is -0.296. The average molecular weight is 202 g/mol. The van der Waals surface area contributed by atoms with Crippen LogP contribution in [0.5, 0.6) is 0 Å². The summed E-state index contributed by atoms with van der Waals surface area (Å²) < 4.78 is 12.9. The molecular formula is C10H13ClFN. The van der Waals surface area contributed by atoms with E-state index in [2.05, 4.69) is 0 Å². The number of rotatable bonds is 2. The van der Waals surface area contributed by atoms with Crippen LogP contribution in [-0.4, -0.2) is 0 Å². The Kier molecular flexibility index (Phi) is 3.28. The van der Waals surface area contributed by atoms with Crippen molar-refractivity contribution in [3.63, 3.8) is 0 Å². The molecule has 0 fully saturated rings. The maximum Gasteiger partial charge on any atom is 0.123 e. The topological polar surface area (TPSA) is 26.0 Å². The summed E-state index contributed by atoms with van der Waals surface area (Å²) in [7, 11) is 0. The first-order valence-electron chi connectivity index (χ1n) is 4.23. The monoisotopic (exact) mass is 201 g/mol. The molecule has 1 atom stereocenters. The van der Waals surface area contributed by atoms with E-state index in [1.165, 1.54) is 18.2 Å². The fourth-order valence-corrected chi connectivity index (χ4v) is 1.37. The van der Waals surface area contributed by atoms with Gasteiger partial charge in [-0.2, -0.15) is 0 Å². The molecule has 72 valence electrons. The second-order valence-electron chi connectivity index (χ2n) is 3.44. The first-order valence-corrected chi connectivity index (χ1v) is 4.60. The molecule has 0 radical (unpaired) electrons. The summed E-state index contributed by atoms with van der Waals surface area (Å²) in [5.74, 6) is -0.0465. The Morgan fingerprint density at radius 2 is 2.00 bits per heavy atom. The smallest absolute Gasteiger partial charge is 0.123 e. The molecule has 0 aliphatic carbocycles. The van der Waals surface area contributed by atoms with Crippen LogP contribution in [0.15, 0.2) is 18.2 Å². The highest BCUT2D eigenvalue weighted by Crippen LogP contribution is 2.26. The Hall–Kier alpha value is -0.600. The van der Waals surface area contributed by atoms with Crippen LogP contribution in [0.1, 0.15) is 25.5 Å². The van der Waals surface area contributed by atoms with E-state index >= 15 is 0 Å². The van der Waals surface area contributed by atoms with E-state index in [0.29, 0.717) is 10.6 Å². The molecule has 0 aliphatic rings. The summed E-state index contributed by atoms with van der Waals surface area (Å²) >= 11 is 5.89. The fourth-order valence-electron chi connectivity index (χ4n) is 1.13. The van der Waals surface area contributed by atoms with Crippen molar-refractivity contribution in [1.29, 1.82) is 0 Å². The van der Waals surface area contributed by atoms with E-state index in [0.717, 1.165) is 0 Å². The predicted molar refractivity (Wildman–Crippen MR) is 53.2 cm³/mol. The highest BCUT2D eigenvalue weighted by molar-refractivity contribution is 6.31. The maximum absolute atomic E-state index is 12.9. The van der Waals surface area contributed by atoms with Crippen LogP contribution < -0.4 is 5.73 Å². The van der Waals surface area contributed by atoms with Crippen LogP contribution in [0, 0.1) is 11.7 Å². The second kappa shape index (κ2) is 4.07. The molecule has 13 heavy (non-hydrogen) atoms. The number of nitrogens with two attached hydrogens (primary N) is 1. The van der Waals surface area contributed by atoms with Crippen LogP contribution in [-0.2, 0) is 0 Å². The van der Waals surface area contributed by atoms with Crippen molar-refractivity contribution in [2.45, 2.75) is 19.9 Å². The molecule has 0 saturated carbocycles. The molecule has 0 spiro atoms. The van der Waals surface area contributed by atoms with Crippen molar-refractivity contribution in [2.24, 2.45) is 11.7 Å². The fraction of sp³-hybridized carbons (Fsp3) is 0.400. The zero-order valence-corrected chi connectivity index (χ0v) is 8.48. The molecule has 0 bridgehead atoms. The van der Waals surface area contributed by atoms with Gasteiger partial charge in [-0.3, -0.25) is 0 Å². The summed E-state index contributed by atoms with van der Waals surface area (Å²) in [6.07, 6.45) is 0. The Balaban J connectivity index is 3.05. The molecular weight excluding hydrogens is 189 g/mol. The summed E-state index contributed by atoms with van der Waals surface area (Å²) in [4.78, 5) is 0. The lowest BCUT2D eigenvalue weighted by Gasteiger charge is -2.17. The molecule has 3 heteroatoms. The van der Waals surface area contributed by atoms with Gasteiger partial charge < -0.3 is 5.73 Å². The van der Waals surface area contributed by atoms with Gasteiger partial charge >= 0.3 is 0 Å². The van der Waals surface area contributed by atoms with Crippen molar-refractivity contribution < 1.29 is 4.39 Å². The second-order valence-corrected chi connectivity index (χ2v) is 3.84. The summed E-state index contributed by atoms with van der Waals surface area (Å²) in [6, 6.07) is 4.06. The maximum atomic E-state index is 12.9. The van der Waals surface area contributed by atoms with Crippen molar-refractivity contribution in [3.05, 3.63) is 34.6 Å². The molecule has 1 nitrogen and oxygen atoms in total. The molecule has 1 aromatic carbocycles. The molecule has 2 N–H and O–H groups in total. The molecule has 1 aromatic rings. The molecule has 1 rings (SSSR count). The van der Waals surface area contributed by atoms with E-state index in [-0.39, 0.29) is 17.8 Å². The molecule has 0 aliphatic heterocycles. The molecule has 1 unspecified atom stereocenters. The highest BCUT2D eigenvalue weighted by Gasteiger charge is 2.14. The summed E-state index contributed by atoms with van der Waals surface area (Å²) in [5.41, 5.74) is 6.53. The van der Waals surface area contributed by atoms with Crippen LogP contribution >= 0.6 is 11.6 Å². The van der Waals surface area contributed by atoms with Crippen LogP contribution in [0.25, 0.3) is 0 Å². The lowest BCUT2D eigenvalue weighted by molar-refractivity contribution is 0.510. The van der Waals surface area contributed by atoms with Crippen molar-refractivity contribution in [2.75, 3.05) is 0 Å². The third kappa shape index (κ3) is 2.42. The predicted octanol–water partition coefficient (Wildman–Crippen LogP) is 3.13. The Morgan fingerprint density at radius 3 is 2.54 bits per heavy atom. The van der Waals surface area contributed by atoms with E-state index in [4.69, 9.17) is 17.3 Å². The van der Waals surface area contributed by atoms with Crippen molar-refractivity contribution >= 4 is 11.6 Å². The summed E-state index contributed by atoms with van der Waals surface area (Å²) in [5, 5.41) is 0.530. The molecule has 0 aromatic heterocycles. The van der Waals surface area contributed by atoms with E-state index < -0.39 is 0 Å². The first kappa shape index (κ1) is 10.5. The number of halogens is 2. The first-order chi connectivity index (χ1) is 6.02. The van der Waals surface area contributed by atoms with Gasteiger partial charge in [0.05, 0.1) is 0 Å². The van der Waals surface area contributed by atoms with E-state index in [9.17, 15) is 4.39 Å². The van der Waals surface area contributed by atoms with Crippen LogP contribution in [0.4, 0.5) is 4.39 Å². The van der Waals surface area contributed by atoms with Crippen molar-refractivity contribution in [1.82, 2.24) is 0 Å².